The minimum atomic E-state index is -0.0165. The molecule has 2 aromatic rings. The quantitative estimate of drug-likeness (QED) is 0.836. The van der Waals surface area contributed by atoms with Crippen molar-refractivity contribution in [3.05, 3.63) is 53.3 Å². The van der Waals surface area contributed by atoms with E-state index in [2.05, 4.69) is 10.4 Å². The van der Waals surface area contributed by atoms with Gasteiger partial charge in [0.1, 0.15) is 0 Å². The Labute approximate surface area is 113 Å². The summed E-state index contributed by atoms with van der Waals surface area (Å²) in [6.07, 6.45) is 2.67. The molecule has 0 fully saturated rings. The molecule has 0 aliphatic heterocycles. The summed E-state index contributed by atoms with van der Waals surface area (Å²) in [6, 6.07) is 9.57. The summed E-state index contributed by atoms with van der Waals surface area (Å²) in [5.41, 5.74) is 3.01. The molecule has 0 atom stereocenters. The van der Waals surface area contributed by atoms with E-state index in [9.17, 15) is 4.79 Å². The van der Waals surface area contributed by atoms with E-state index in [0.717, 1.165) is 24.2 Å². The Bertz CT molecular complexity index is 543. The van der Waals surface area contributed by atoms with Crippen molar-refractivity contribution in [3.8, 4) is 0 Å². The highest BCUT2D eigenvalue weighted by atomic mass is 16.1. The summed E-state index contributed by atoms with van der Waals surface area (Å²) >= 11 is 0. The highest BCUT2D eigenvalue weighted by molar-refractivity contribution is 5.94. The molecule has 0 radical (unpaired) electrons. The molecule has 0 unspecified atom stereocenters. The number of rotatable bonds is 5. The number of hydrogen-bond acceptors (Lipinski definition) is 2. The predicted molar refractivity (Wildman–Crippen MR) is 75.1 cm³/mol. The molecule has 1 aromatic heterocycles. The average Bonchev–Trinajstić information content (AvgIpc) is 2.81. The monoisotopic (exact) mass is 257 g/mol. The number of benzene rings is 1. The molecule has 100 valence electrons. The fourth-order valence-corrected chi connectivity index (χ4v) is 1.87. The van der Waals surface area contributed by atoms with Crippen LogP contribution in [0.1, 0.15) is 28.0 Å². The Hall–Kier alpha value is -2.10. The van der Waals surface area contributed by atoms with E-state index in [-0.39, 0.29) is 5.91 Å². The van der Waals surface area contributed by atoms with E-state index < -0.39 is 0 Å². The van der Waals surface area contributed by atoms with Gasteiger partial charge in [0.2, 0.25) is 0 Å². The largest absolute Gasteiger partial charge is 0.352 e. The van der Waals surface area contributed by atoms with E-state index >= 15 is 0 Å². The number of nitrogens with one attached hydrogen (secondary N) is 1. The molecule has 0 aliphatic carbocycles. The van der Waals surface area contributed by atoms with Crippen molar-refractivity contribution in [3.63, 3.8) is 0 Å². The summed E-state index contributed by atoms with van der Waals surface area (Å²) in [7, 11) is 0. The highest BCUT2D eigenvalue weighted by Gasteiger charge is 2.04. The van der Waals surface area contributed by atoms with Crippen LogP contribution in [0.2, 0.25) is 0 Å². The van der Waals surface area contributed by atoms with E-state index in [0.29, 0.717) is 12.1 Å². The molecule has 1 aromatic carbocycles. The van der Waals surface area contributed by atoms with Crippen LogP contribution in [-0.4, -0.2) is 22.2 Å². The number of hydrogen-bond donors (Lipinski definition) is 1. The van der Waals surface area contributed by atoms with Crippen molar-refractivity contribution in [1.29, 1.82) is 0 Å². The first-order valence-electron chi connectivity index (χ1n) is 6.50. The molecule has 4 heteroatoms. The minimum absolute atomic E-state index is 0.0165. The predicted octanol–water partition coefficient (Wildman–Crippen LogP) is 2.32. The molecule has 0 saturated heterocycles. The van der Waals surface area contributed by atoms with Gasteiger partial charge < -0.3 is 5.32 Å². The number of nitrogens with zero attached hydrogens (tertiary/aromatic N) is 2. The Balaban J connectivity index is 1.75. The van der Waals surface area contributed by atoms with E-state index in [1.807, 2.05) is 48.9 Å². The second kappa shape index (κ2) is 6.18. The normalized spacial score (nSPS) is 10.4. The van der Waals surface area contributed by atoms with Crippen LogP contribution in [0.5, 0.6) is 0 Å². The van der Waals surface area contributed by atoms with Crippen LogP contribution in [0, 0.1) is 13.8 Å². The second-order valence-electron chi connectivity index (χ2n) is 4.67. The molecule has 0 spiro atoms. The highest BCUT2D eigenvalue weighted by Crippen LogP contribution is 2.03. The van der Waals surface area contributed by atoms with Crippen LogP contribution in [0.3, 0.4) is 0 Å². The maximum absolute atomic E-state index is 11.9. The number of carbonyl (C=O) groups is 1. The summed E-state index contributed by atoms with van der Waals surface area (Å²) in [5, 5.41) is 7.12. The van der Waals surface area contributed by atoms with Crippen molar-refractivity contribution < 1.29 is 4.79 Å². The van der Waals surface area contributed by atoms with E-state index in [4.69, 9.17) is 0 Å². The lowest BCUT2D eigenvalue weighted by molar-refractivity contribution is 0.0952. The zero-order valence-electron chi connectivity index (χ0n) is 11.4. The number of aryl methyl sites for hydroxylation is 3. The van der Waals surface area contributed by atoms with Crippen LogP contribution < -0.4 is 5.32 Å². The summed E-state index contributed by atoms with van der Waals surface area (Å²) in [5.74, 6) is -0.0165. The van der Waals surface area contributed by atoms with Gasteiger partial charge in [0.25, 0.3) is 5.91 Å². The lowest BCUT2D eigenvalue weighted by Gasteiger charge is -2.07. The minimum Gasteiger partial charge on any atom is -0.352 e. The van der Waals surface area contributed by atoms with Gasteiger partial charge in [-0.3, -0.25) is 9.48 Å². The lowest BCUT2D eigenvalue weighted by atomic mass is 10.1. The molecule has 0 saturated carbocycles. The van der Waals surface area contributed by atoms with Gasteiger partial charge in [0, 0.05) is 30.5 Å². The van der Waals surface area contributed by atoms with Crippen LogP contribution in [0.15, 0.2) is 36.5 Å². The maximum atomic E-state index is 11.9. The number of aromatic nitrogens is 2. The Morgan fingerprint density at radius 1 is 1.21 bits per heavy atom. The van der Waals surface area contributed by atoms with Gasteiger partial charge in [0.05, 0.1) is 0 Å². The van der Waals surface area contributed by atoms with Gasteiger partial charge in [-0.05, 0) is 38.5 Å². The smallest absolute Gasteiger partial charge is 0.251 e. The van der Waals surface area contributed by atoms with E-state index in [1.165, 1.54) is 0 Å². The Morgan fingerprint density at radius 2 is 1.95 bits per heavy atom. The zero-order valence-corrected chi connectivity index (χ0v) is 11.4. The first-order chi connectivity index (χ1) is 9.16. The summed E-state index contributed by atoms with van der Waals surface area (Å²) in [4.78, 5) is 11.9. The molecule has 2 rings (SSSR count). The van der Waals surface area contributed by atoms with Crippen LogP contribution in [0.25, 0.3) is 0 Å². The van der Waals surface area contributed by atoms with Crippen molar-refractivity contribution in [2.45, 2.75) is 26.8 Å². The number of carbonyl (C=O) groups excluding carboxylic acids is 1. The van der Waals surface area contributed by atoms with Crippen LogP contribution in [0.4, 0.5) is 0 Å². The first kappa shape index (κ1) is 13.3. The lowest BCUT2D eigenvalue weighted by Crippen LogP contribution is -2.25. The van der Waals surface area contributed by atoms with Gasteiger partial charge in [0.15, 0.2) is 0 Å². The fraction of sp³-hybridized carbons (Fsp3) is 0.333. The SMILES string of the molecule is Cc1ccc(C(=O)NCCCn2nccc2C)cc1. The maximum Gasteiger partial charge on any atom is 0.251 e. The van der Waals surface area contributed by atoms with Gasteiger partial charge in [-0.25, -0.2) is 0 Å². The first-order valence-corrected chi connectivity index (χ1v) is 6.50. The van der Waals surface area contributed by atoms with Crippen LogP contribution >= 0.6 is 0 Å². The molecule has 0 bridgehead atoms. The second-order valence-corrected chi connectivity index (χ2v) is 4.67. The molecule has 4 nitrogen and oxygen atoms in total. The number of amides is 1. The van der Waals surface area contributed by atoms with Gasteiger partial charge in [-0.15, -0.1) is 0 Å². The Kier molecular flexibility index (Phi) is 4.34. The van der Waals surface area contributed by atoms with Gasteiger partial charge in [-0.2, -0.15) is 5.10 Å². The topological polar surface area (TPSA) is 46.9 Å². The third-order valence-corrected chi connectivity index (χ3v) is 3.07. The molecule has 1 heterocycles. The molecule has 19 heavy (non-hydrogen) atoms. The standard InChI is InChI=1S/C15H19N3O/c1-12-4-6-14(7-5-12)15(19)16-9-3-11-18-13(2)8-10-17-18/h4-8,10H,3,9,11H2,1-2H3,(H,16,19). The fourth-order valence-electron chi connectivity index (χ4n) is 1.87. The third-order valence-electron chi connectivity index (χ3n) is 3.07. The van der Waals surface area contributed by atoms with Gasteiger partial charge in [-0.1, -0.05) is 17.7 Å². The van der Waals surface area contributed by atoms with Crippen molar-refractivity contribution >= 4 is 5.91 Å². The third kappa shape index (κ3) is 3.68. The molecule has 1 N–H and O–H groups in total. The van der Waals surface area contributed by atoms with Crippen LogP contribution in [-0.2, 0) is 6.54 Å². The van der Waals surface area contributed by atoms with Gasteiger partial charge >= 0.3 is 0 Å². The molecular formula is C15H19N3O. The van der Waals surface area contributed by atoms with Crippen molar-refractivity contribution in [2.75, 3.05) is 6.54 Å². The Morgan fingerprint density at radius 3 is 2.58 bits per heavy atom. The molecule has 1 amide bonds. The zero-order chi connectivity index (χ0) is 13.7. The summed E-state index contributed by atoms with van der Waals surface area (Å²) in [6.45, 7) is 5.52. The molecule has 0 aliphatic rings. The van der Waals surface area contributed by atoms with Crippen molar-refractivity contribution in [1.82, 2.24) is 15.1 Å². The molecular weight excluding hydrogens is 238 g/mol. The van der Waals surface area contributed by atoms with Crippen molar-refractivity contribution in [2.24, 2.45) is 0 Å². The summed E-state index contributed by atoms with van der Waals surface area (Å²) < 4.78 is 1.94. The average molecular weight is 257 g/mol. The van der Waals surface area contributed by atoms with E-state index in [1.54, 1.807) is 6.20 Å².